The molecular weight excluding hydrogens is 266 g/mol. The zero-order valence-corrected chi connectivity index (χ0v) is 11.6. The number of carbonyl (C=O) groups is 2. The molecule has 1 fully saturated rings. The van der Waals surface area contributed by atoms with Crippen molar-refractivity contribution in [2.45, 2.75) is 12.8 Å². The molecule has 7 heteroatoms. The van der Waals surface area contributed by atoms with Crippen LogP contribution in [-0.2, 0) is 11.2 Å². The standard InChI is InChI=1S/C12H17N3O3S/c1-15-5-3-8(6-15)11(16)13-4-2-10-14-9(7-19-10)12(17)18/h7-8H,2-6H2,1H3,(H,13,16)(H,17,18). The molecule has 1 aromatic heterocycles. The van der Waals surface area contributed by atoms with E-state index in [1.807, 2.05) is 7.05 Å². The molecule has 0 spiro atoms. The summed E-state index contributed by atoms with van der Waals surface area (Å²) in [6, 6.07) is 0. The quantitative estimate of drug-likeness (QED) is 0.820. The highest BCUT2D eigenvalue weighted by Crippen LogP contribution is 2.14. The number of thiazole rings is 1. The van der Waals surface area contributed by atoms with Crippen molar-refractivity contribution in [2.24, 2.45) is 5.92 Å². The first-order valence-corrected chi connectivity index (χ1v) is 7.08. The number of aromatic carboxylic acids is 1. The lowest BCUT2D eigenvalue weighted by atomic mass is 10.1. The molecule has 2 rings (SSSR count). The predicted octanol–water partition coefficient (Wildman–Crippen LogP) is 0.452. The second-order valence-electron chi connectivity index (χ2n) is 4.72. The first-order chi connectivity index (χ1) is 9.06. The largest absolute Gasteiger partial charge is 0.476 e. The Bertz CT molecular complexity index is 475. The van der Waals surface area contributed by atoms with Gasteiger partial charge >= 0.3 is 5.97 Å². The van der Waals surface area contributed by atoms with E-state index >= 15 is 0 Å². The Morgan fingerprint density at radius 1 is 1.63 bits per heavy atom. The first kappa shape index (κ1) is 14.0. The molecule has 2 heterocycles. The maximum atomic E-state index is 11.8. The van der Waals surface area contributed by atoms with Crippen LogP contribution in [0.15, 0.2) is 5.38 Å². The smallest absolute Gasteiger partial charge is 0.355 e. The number of nitrogens with zero attached hydrogens (tertiary/aromatic N) is 2. The number of amides is 1. The topological polar surface area (TPSA) is 82.5 Å². The summed E-state index contributed by atoms with van der Waals surface area (Å²) in [6.07, 6.45) is 1.48. The fraction of sp³-hybridized carbons (Fsp3) is 0.583. The third-order valence-corrected chi connectivity index (χ3v) is 4.08. The zero-order valence-electron chi connectivity index (χ0n) is 10.8. The van der Waals surface area contributed by atoms with Crippen molar-refractivity contribution >= 4 is 23.2 Å². The number of carbonyl (C=O) groups excluding carboxylic acids is 1. The van der Waals surface area contributed by atoms with Crippen LogP contribution >= 0.6 is 11.3 Å². The van der Waals surface area contributed by atoms with E-state index in [-0.39, 0.29) is 17.5 Å². The molecule has 1 aliphatic rings. The van der Waals surface area contributed by atoms with E-state index in [2.05, 4.69) is 15.2 Å². The van der Waals surface area contributed by atoms with Crippen molar-refractivity contribution in [1.29, 1.82) is 0 Å². The Labute approximate surface area is 115 Å². The molecule has 2 N–H and O–H groups in total. The van der Waals surface area contributed by atoms with Crippen LogP contribution in [0.3, 0.4) is 0 Å². The number of rotatable bonds is 5. The summed E-state index contributed by atoms with van der Waals surface area (Å²) in [7, 11) is 2.01. The minimum atomic E-state index is -1.01. The average Bonchev–Trinajstić information content (AvgIpc) is 2.98. The predicted molar refractivity (Wildman–Crippen MR) is 71.4 cm³/mol. The van der Waals surface area contributed by atoms with Crippen molar-refractivity contribution in [3.8, 4) is 0 Å². The molecule has 0 bridgehead atoms. The SMILES string of the molecule is CN1CCC(C(=O)NCCc2nc(C(=O)O)cs2)C1. The molecule has 1 aliphatic heterocycles. The maximum absolute atomic E-state index is 11.8. The van der Waals surface area contributed by atoms with Gasteiger partial charge in [-0.05, 0) is 20.0 Å². The summed E-state index contributed by atoms with van der Waals surface area (Å²) in [4.78, 5) is 28.6. The van der Waals surface area contributed by atoms with E-state index in [0.29, 0.717) is 13.0 Å². The van der Waals surface area contributed by atoms with Gasteiger partial charge in [0.05, 0.1) is 10.9 Å². The highest BCUT2D eigenvalue weighted by molar-refractivity contribution is 7.09. The molecule has 1 amide bonds. The van der Waals surface area contributed by atoms with E-state index in [0.717, 1.165) is 24.5 Å². The Hall–Kier alpha value is -1.47. The van der Waals surface area contributed by atoms with Gasteiger partial charge in [-0.25, -0.2) is 9.78 Å². The van der Waals surface area contributed by atoms with E-state index in [1.54, 1.807) is 0 Å². The highest BCUT2D eigenvalue weighted by atomic mass is 32.1. The van der Waals surface area contributed by atoms with E-state index in [4.69, 9.17) is 5.11 Å². The van der Waals surface area contributed by atoms with Gasteiger partial charge in [0.2, 0.25) is 5.91 Å². The third kappa shape index (κ3) is 3.74. The van der Waals surface area contributed by atoms with Gasteiger partial charge in [0, 0.05) is 24.9 Å². The molecule has 1 atom stereocenters. The number of hydrogen-bond acceptors (Lipinski definition) is 5. The fourth-order valence-electron chi connectivity index (χ4n) is 2.11. The van der Waals surface area contributed by atoms with Crippen LogP contribution in [0.1, 0.15) is 21.9 Å². The van der Waals surface area contributed by atoms with E-state index < -0.39 is 5.97 Å². The van der Waals surface area contributed by atoms with Crippen LogP contribution in [0.25, 0.3) is 0 Å². The summed E-state index contributed by atoms with van der Waals surface area (Å²) in [5.41, 5.74) is 0.0729. The van der Waals surface area contributed by atoms with E-state index in [9.17, 15) is 9.59 Å². The highest BCUT2D eigenvalue weighted by Gasteiger charge is 2.25. The van der Waals surface area contributed by atoms with Crippen LogP contribution in [0.4, 0.5) is 0 Å². The molecule has 1 aromatic rings. The molecule has 1 unspecified atom stereocenters. The summed E-state index contributed by atoms with van der Waals surface area (Å²) >= 11 is 1.31. The molecule has 0 saturated carbocycles. The van der Waals surface area contributed by atoms with Crippen molar-refractivity contribution in [1.82, 2.24) is 15.2 Å². The minimum Gasteiger partial charge on any atom is -0.476 e. The van der Waals surface area contributed by atoms with E-state index in [1.165, 1.54) is 16.7 Å². The lowest BCUT2D eigenvalue weighted by molar-refractivity contribution is -0.124. The van der Waals surface area contributed by atoms with Crippen molar-refractivity contribution in [3.05, 3.63) is 16.1 Å². The van der Waals surface area contributed by atoms with Crippen LogP contribution < -0.4 is 5.32 Å². The number of hydrogen-bond donors (Lipinski definition) is 2. The molecule has 0 radical (unpaired) electrons. The lowest BCUT2D eigenvalue weighted by Crippen LogP contribution is -2.33. The first-order valence-electron chi connectivity index (χ1n) is 6.20. The van der Waals surface area contributed by atoms with Gasteiger partial charge in [0.15, 0.2) is 5.69 Å². The molecular formula is C12H17N3O3S. The molecule has 19 heavy (non-hydrogen) atoms. The summed E-state index contributed by atoms with van der Waals surface area (Å²) in [5.74, 6) is -0.851. The zero-order chi connectivity index (χ0) is 13.8. The van der Waals surface area contributed by atoms with Gasteiger partial charge in [-0.15, -0.1) is 11.3 Å². The summed E-state index contributed by atoms with van der Waals surface area (Å²) in [6.45, 7) is 2.28. The van der Waals surface area contributed by atoms with Crippen LogP contribution in [0, 0.1) is 5.92 Å². The molecule has 1 saturated heterocycles. The second-order valence-corrected chi connectivity index (χ2v) is 5.66. The van der Waals surface area contributed by atoms with Crippen molar-refractivity contribution in [3.63, 3.8) is 0 Å². The number of aromatic nitrogens is 1. The Morgan fingerprint density at radius 2 is 2.42 bits per heavy atom. The van der Waals surface area contributed by atoms with Crippen LogP contribution in [0.5, 0.6) is 0 Å². The van der Waals surface area contributed by atoms with Gasteiger partial charge in [0.1, 0.15) is 0 Å². The van der Waals surface area contributed by atoms with Crippen LogP contribution in [-0.4, -0.2) is 53.5 Å². The fourth-order valence-corrected chi connectivity index (χ4v) is 2.88. The third-order valence-electron chi connectivity index (χ3n) is 3.17. The number of carboxylic acid groups (broad SMARTS) is 1. The Kier molecular flexibility index (Phi) is 4.49. The second kappa shape index (κ2) is 6.12. The number of carboxylic acids is 1. The Balaban J connectivity index is 1.73. The summed E-state index contributed by atoms with van der Waals surface area (Å²) in [5, 5.41) is 13.9. The maximum Gasteiger partial charge on any atom is 0.355 e. The normalized spacial score (nSPS) is 19.5. The number of likely N-dealkylation sites (tertiary alicyclic amines) is 1. The summed E-state index contributed by atoms with van der Waals surface area (Å²) < 4.78 is 0. The van der Waals surface area contributed by atoms with Crippen LogP contribution in [0.2, 0.25) is 0 Å². The number of nitrogens with one attached hydrogen (secondary N) is 1. The van der Waals surface area contributed by atoms with Gasteiger partial charge in [-0.3, -0.25) is 4.79 Å². The van der Waals surface area contributed by atoms with Gasteiger partial charge in [0.25, 0.3) is 0 Å². The molecule has 0 aliphatic carbocycles. The van der Waals surface area contributed by atoms with Gasteiger partial charge in [-0.1, -0.05) is 0 Å². The van der Waals surface area contributed by atoms with Crippen molar-refractivity contribution < 1.29 is 14.7 Å². The lowest BCUT2D eigenvalue weighted by Gasteiger charge is -2.10. The minimum absolute atomic E-state index is 0.0729. The monoisotopic (exact) mass is 283 g/mol. The van der Waals surface area contributed by atoms with Gasteiger partial charge in [-0.2, -0.15) is 0 Å². The average molecular weight is 283 g/mol. The Morgan fingerprint density at radius 3 is 3.00 bits per heavy atom. The molecule has 104 valence electrons. The molecule has 0 aromatic carbocycles. The van der Waals surface area contributed by atoms with Crippen molar-refractivity contribution in [2.75, 3.05) is 26.7 Å². The van der Waals surface area contributed by atoms with Gasteiger partial charge < -0.3 is 15.3 Å². The molecule has 6 nitrogen and oxygen atoms in total.